The van der Waals surface area contributed by atoms with Gasteiger partial charge in [-0.1, -0.05) is 41.9 Å². The molecule has 4 aromatic rings. The number of ether oxygens (including phenoxy) is 2. The molecule has 1 unspecified atom stereocenters. The van der Waals surface area contributed by atoms with Crippen molar-refractivity contribution in [3.05, 3.63) is 93.9 Å². The van der Waals surface area contributed by atoms with E-state index in [4.69, 9.17) is 21.1 Å². The number of halogens is 1. The molecule has 2 heterocycles. The van der Waals surface area contributed by atoms with E-state index in [1.54, 1.807) is 30.3 Å². The van der Waals surface area contributed by atoms with Crippen LogP contribution in [0.3, 0.4) is 0 Å². The zero-order valence-electron chi connectivity index (χ0n) is 22.5. The van der Waals surface area contributed by atoms with Crippen LogP contribution in [-0.4, -0.2) is 74.3 Å². The van der Waals surface area contributed by atoms with Gasteiger partial charge in [-0.3, -0.25) is 14.3 Å². The lowest BCUT2D eigenvalue weighted by atomic mass is 10.1. The number of nitrogens with zero attached hydrogens (tertiary/aromatic N) is 3. The van der Waals surface area contributed by atoms with Crippen molar-refractivity contribution in [1.29, 1.82) is 0 Å². The number of fused-ring (bicyclic) bond motifs is 1. The SMILES string of the molecule is COc1ccc(S(=O)(=O)n2c(=O)n(C(C(=O)NCCCN3CCOCC3)c3ccccc3)c3cc(Cl)ccc32)cc1. The Morgan fingerprint density at radius 1 is 1.02 bits per heavy atom. The second kappa shape index (κ2) is 12.5. The number of amides is 1. The van der Waals surface area contributed by atoms with Crippen LogP contribution >= 0.6 is 11.6 Å². The third-order valence-electron chi connectivity index (χ3n) is 7.07. The number of morpholine rings is 1. The van der Waals surface area contributed by atoms with E-state index in [0.717, 1.165) is 23.6 Å². The lowest BCUT2D eigenvalue weighted by molar-refractivity contribution is -0.123. The molecule has 1 amide bonds. The van der Waals surface area contributed by atoms with Gasteiger partial charge in [0.15, 0.2) is 0 Å². The summed E-state index contributed by atoms with van der Waals surface area (Å²) in [7, 11) is -2.88. The summed E-state index contributed by atoms with van der Waals surface area (Å²) in [5.74, 6) is 0.0427. The molecule has 216 valence electrons. The smallest absolute Gasteiger partial charge is 0.344 e. The third-order valence-corrected chi connectivity index (χ3v) is 9.01. The maximum atomic E-state index is 14.1. The highest BCUT2D eigenvalue weighted by atomic mass is 35.5. The Kier molecular flexibility index (Phi) is 8.79. The van der Waals surface area contributed by atoms with E-state index in [0.29, 0.717) is 42.5 Å². The van der Waals surface area contributed by atoms with Gasteiger partial charge < -0.3 is 14.8 Å². The van der Waals surface area contributed by atoms with Crippen LogP contribution in [0.25, 0.3) is 11.0 Å². The molecule has 1 fully saturated rings. The van der Waals surface area contributed by atoms with Gasteiger partial charge in [0.2, 0.25) is 5.91 Å². The number of carbonyl (C=O) groups is 1. The van der Waals surface area contributed by atoms with E-state index in [-0.39, 0.29) is 15.9 Å². The molecule has 0 spiro atoms. The van der Waals surface area contributed by atoms with Crippen LogP contribution in [-0.2, 0) is 19.6 Å². The number of nitrogens with one attached hydrogen (secondary N) is 1. The maximum Gasteiger partial charge on any atom is 0.344 e. The van der Waals surface area contributed by atoms with Crippen LogP contribution in [0.4, 0.5) is 0 Å². The summed E-state index contributed by atoms with van der Waals surface area (Å²) in [6.45, 7) is 4.26. The Hall–Kier alpha value is -3.64. The normalized spacial score (nSPS) is 15.1. The van der Waals surface area contributed by atoms with Crippen LogP contribution in [0.2, 0.25) is 5.02 Å². The zero-order chi connectivity index (χ0) is 29.0. The van der Waals surface area contributed by atoms with Crippen LogP contribution < -0.4 is 15.7 Å². The number of rotatable bonds is 10. The number of aromatic nitrogens is 2. The molecule has 5 rings (SSSR count). The Morgan fingerprint density at radius 2 is 1.73 bits per heavy atom. The molecule has 3 aromatic carbocycles. The van der Waals surface area contributed by atoms with Gasteiger partial charge in [-0.2, -0.15) is 3.97 Å². The van der Waals surface area contributed by atoms with Crippen LogP contribution in [0.15, 0.2) is 82.5 Å². The third kappa shape index (κ3) is 6.03. The highest BCUT2D eigenvalue weighted by Gasteiger charge is 2.32. The standard InChI is InChI=1S/C29H31ClN4O6S/c1-39-23-9-11-24(12-10-23)41(37,38)34-25-13-8-22(30)20-26(25)33(29(34)36)27(21-6-3-2-4-7-21)28(35)31-14-5-15-32-16-18-40-19-17-32/h2-4,6-13,20,27H,5,14-19H2,1H3,(H,31,35). The molecule has 1 saturated heterocycles. The Bertz CT molecular complexity index is 1680. The molecule has 1 atom stereocenters. The predicted octanol–water partition coefficient (Wildman–Crippen LogP) is 3.13. The lowest BCUT2D eigenvalue weighted by Gasteiger charge is -2.26. The fourth-order valence-electron chi connectivity index (χ4n) is 4.99. The van der Waals surface area contributed by atoms with E-state index < -0.39 is 27.7 Å². The van der Waals surface area contributed by atoms with E-state index >= 15 is 0 Å². The molecule has 1 aromatic heterocycles. The molecule has 1 aliphatic heterocycles. The van der Waals surface area contributed by atoms with Crippen LogP contribution in [0, 0.1) is 0 Å². The molecule has 41 heavy (non-hydrogen) atoms. The monoisotopic (exact) mass is 598 g/mol. The van der Waals surface area contributed by atoms with Gasteiger partial charge in [-0.15, -0.1) is 0 Å². The second-order valence-electron chi connectivity index (χ2n) is 9.64. The van der Waals surface area contributed by atoms with Crippen molar-refractivity contribution in [2.24, 2.45) is 0 Å². The minimum Gasteiger partial charge on any atom is -0.497 e. The number of benzene rings is 3. The Labute approximate surface area is 243 Å². The lowest BCUT2D eigenvalue weighted by Crippen LogP contribution is -2.41. The van der Waals surface area contributed by atoms with Gasteiger partial charge in [0.25, 0.3) is 10.0 Å². The van der Waals surface area contributed by atoms with E-state index in [1.807, 2.05) is 0 Å². The summed E-state index contributed by atoms with van der Waals surface area (Å²) in [5.41, 5.74) is -0.0234. The maximum absolute atomic E-state index is 14.1. The van der Waals surface area contributed by atoms with Crippen molar-refractivity contribution in [2.45, 2.75) is 17.4 Å². The van der Waals surface area contributed by atoms with E-state index in [2.05, 4.69) is 10.2 Å². The van der Waals surface area contributed by atoms with Crippen molar-refractivity contribution < 1.29 is 22.7 Å². The average molecular weight is 599 g/mol. The summed E-state index contributed by atoms with van der Waals surface area (Å²) in [5, 5.41) is 3.25. The average Bonchev–Trinajstić information content (AvgIpc) is 3.28. The molecule has 0 radical (unpaired) electrons. The first-order chi connectivity index (χ1) is 19.8. The minimum atomic E-state index is -4.35. The first-order valence-corrected chi connectivity index (χ1v) is 15.1. The number of methoxy groups -OCH3 is 1. The van der Waals surface area contributed by atoms with Gasteiger partial charge >= 0.3 is 5.69 Å². The topological polar surface area (TPSA) is 112 Å². The molecular formula is C29H31ClN4O6S. The van der Waals surface area contributed by atoms with Crippen molar-refractivity contribution in [1.82, 2.24) is 18.8 Å². The molecule has 1 aliphatic rings. The van der Waals surface area contributed by atoms with Crippen LogP contribution in [0.5, 0.6) is 5.75 Å². The Morgan fingerprint density at radius 3 is 2.41 bits per heavy atom. The largest absolute Gasteiger partial charge is 0.497 e. The van der Waals surface area contributed by atoms with Gasteiger partial charge in [0.05, 0.1) is 36.3 Å². The van der Waals surface area contributed by atoms with Gasteiger partial charge in [-0.05, 0) is 61.0 Å². The summed E-state index contributed by atoms with van der Waals surface area (Å²) in [4.78, 5) is 30.0. The predicted molar refractivity (Wildman–Crippen MR) is 156 cm³/mol. The number of carbonyl (C=O) groups excluding carboxylic acids is 1. The van der Waals surface area contributed by atoms with Gasteiger partial charge in [-0.25, -0.2) is 13.2 Å². The van der Waals surface area contributed by atoms with E-state index in [9.17, 15) is 18.0 Å². The fourth-order valence-corrected chi connectivity index (χ4v) is 6.55. The summed E-state index contributed by atoms with van der Waals surface area (Å²) in [6.07, 6.45) is 0.710. The van der Waals surface area contributed by atoms with Crippen molar-refractivity contribution >= 4 is 38.6 Å². The van der Waals surface area contributed by atoms with Crippen molar-refractivity contribution in [3.63, 3.8) is 0 Å². The molecule has 0 aliphatic carbocycles. The molecular weight excluding hydrogens is 568 g/mol. The summed E-state index contributed by atoms with van der Waals surface area (Å²) in [6, 6.07) is 17.9. The zero-order valence-corrected chi connectivity index (χ0v) is 24.1. The van der Waals surface area contributed by atoms with Crippen LogP contribution in [0.1, 0.15) is 18.0 Å². The fraction of sp³-hybridized carbons (Fsp3) is 0.310. The summed E-state index contributed by atoms with van der Waals surface area (Å²) >= 11 is 6.32. The first kappa shape index (κ1) is 28.9. The first-order valence-electron chi connectivity index (χ1n) is 13.3. The van der Waals surface area contributed by atoms with E-state index in [1.165, 1.54) is 54.1 Å². The highest BCUT2D eigenvalue weighted by Crippen LogP contribution is 2.28. The van der Waals surface area contributed by atoms with Crippen molar-refractivity contribution in [2.75, 3.05) is 46.5 Å². The van der Waals surface area contributed by atoms with Gasteiger partial charge in [0.1, 0.15) is 11.8 Å². The second-order valence-corrected chi connectivity index (χ2v) is 11.9. The number of hydrogen-bond donors (Lipinski definition) is 1. The Balaban J connectivity index is 1.56. The van der Waals surface area contributed by atoms with Crippen molar-refractivity contribution in [3.8, 4) is 5.75 Å². The quantitative estimate of drug-likeness (QED) is 0.279. The molecule has 0 bridgehead atoms. The molecule has 1 N–H and O–H groups in total. The van der Waals surface area contributed by atoms with Gasteiger partial charge in [0, 0.05) is 24.7 Å². The molecule has 10 nitrogen and oxygen atoms in total. The molecule has 12 heteroatoms. The number of hydrogen-bond acceptors (Lipinski definition) is 7. The minimum absolute atomic E-state index is 0.0989. The number of imidazole rings is 1. The summed E-state index contributed by atoms with van der Waals surface area (Å²) < 4.78 is 40.1. The molecule has 0 saturated carbocycles. The highest BCUT2D eigenvalue weighted by molar-refractivity contribution is 7.90.